The van der Waals surface area contributed by atoms with E-state index in [0.717, 1.165) is 22.1 Å². The van der Waals surface area contributed by atoms with Crippen molar-refractivity contribution in [1.82, 2.24) is 8.96 Å². The molecule has 0 unspecified atom stereocenters. The predicted molar refractivity (Wildman–Crippen MR) is 108 cm³/mol. The monoisotopic (exact) mass is 377 g/mol. The van der Waals surface area contributed by atoms with Crippen LogP contribution in [0, 0.1) is 0 Å². The number of hydrogen-bond acceptors (Lipinski definition) is 4. The lowest BCUT2D eigenvalue weighted by Gasteiger charge is -2.08. The van der Waals surface area contributed by atoms with E-state index >= 15 is 0 Å². The van der Waals surface area contributed by atoms with Gasteiger partial charge in [-0.1, -0.05) is 37.3 Å². The van der Waals surface area contributed by atoms with E-state index in [9.17, 15) is 8.42 Å². The van der Waals surface area contributed by atoms with E-state index in [4.69, 9.17) is 5.73 Å². The Balaban J connectivity index is 2.00. The summed E-state index contributed by atoms with van der Waals surface area (Å²) in [5.74, 6) is 0. The van der Waals surface area contributed by atoms with Crippen LogP contribution in [0.15, 0.2) is 78.0 Å². The summed E-state index contributed by atoms with van der Waals surface area (Å²) >= 11 is 0. The second-order valence-corrected chi connectivity index (χ2v) is 8.12. The van der Waals surface area contributed by atoms with Gasteiger partial charge in [0.25, 0.3) is 10.0 Å². The Labute approximate surface area is 158 Å². The van der Waals surface area contributed by atoms with E-state index in [1.807, 2.05) is 37.3 Å². The zero-order valence-electron chi connectivity index (χ0n) is 14.8. The summed E-state index contributed by atoms with van der Waals surface area (Å²) in [6, 6.07) is 17.9. The van der Waals surface area contributed by atoms with Crippen molar-refractivity contribution in [1.29, 1.82) is 0 Å². The van der Waals surface area contributed by atoms with E-state index in [-0.39, 0.29) is 4.90 Å². The summed E-state index contributed by atoms with van der Waals surface area (Å²) in [4.78, 5) is 4.64. The highest BCUT2D eigenvalue weighted by molar-refractivity contribution is 7.90. The Morgan fingerprint density at radius 3 is 2.37 bits per heavy atom. The van der Waals surface area contributed by atoms with Gasteiger partial charge in [0.2, 0.25) is 0 Å². The number of anilines is 1. The Bertz CT molecular complexity index is 1210. The van der Waals surface area contributed by atoms with Crippen LogP contribution in [0.25, 0.3) is 22.2 Å². The first-order valence-corrected chi connectivity index (χ1v) is 10.1. The molecule has 0 aliphatic heterocycles. The lowest BCUT2D eigenvalue weighted by atomic mass is 10.0. The smallest absolute Gasteiger partial charge is 0.269 e. The van der Waals surface area contributed by atoms with Crippen LogP contribution in [0.5, 0.6) is 0 Å². The van der Waals surface area contributed by atoms with Crippen LogP contribution in [0.2, 0.25) is 0 Å². The quantitative estimate of drug-likeness (QED) is 0.544. The minimum Gasteiger partial charge on any atom is -0.399 e. The third kappa shape index (κ3) is 2.88. The summed E-state index contributed by atoms with van der Waals surface area (Å²) in [6.07, 6.45) is 4.02. The Morgan fingerprint density at radius 2 is 1.70 bits per heavy atom. The lowest BCUT2D eigenvalue weighted by Crippen LogP contribution is -2.12. The highest BCUT2D eigenvalue weighted by Crippen LogP contribution is 2.33. The number of rotatable bonds is 4. The molecular weight excluding hydrogens is 358 g/mol. The van der Waals surface area contributed by atoms with Crippen molar-refractivity contribution in [3.05, 3.63) is 78.6 Å². The van der Waals surface area contributed by atoms with Crippen LogP contribution in [-0.2, 0) is 16.4 Å². The summed E-state index contributed by atoms with van der Waals surface area (Å²) in [7, 11) is -3.73. The molecule has 2 aromatic heterocycles. The van der Waals surface area contributed by atoms with Gasteiger partial charge in [0.1, 0.15) is 0 Å². The molecule has 5 nitrogen and oxygen atoms in total. The molecule has 2 N–H and O–H groups in total. The second-order valence-electron chi connectivity index (χ2n) is 6.30. The van der Waals surface area contributed by atoms with Crippen LogP contribution in [-0.4, -0.2) is 17.4 Å². The maximum absolute atomic E-state index is 13.2. The molecular formula is C21H19N3O2S. The summed E-state index contributed by atoms with van der Waals surface area (Å²) in [5, 5.41) is 0.851. The molecule has 0 amide bonds. The van der Waals surface area contributed by atoms with Gasteiger partial charge < -0.3 is 5.73 Å². The van der Waals surface area contributed by atoms with Crippen LogP contribution < -0.4 is 5.73 Å². The maximum Gasteiger partial charge on any atom is 0.269 e. The van der Waals surface area contributed by atoms with Crippen molar-refractivity contribution in [2.24, 2.45) is 0 Å². The fraction of sp³-hybridized carbons (Fsp3) is 0.0952. The molecule has 6 heteroatoms. The number of nitrogen functional groups attached to an aromatic ring is 1. The zero-order valence-corrected chi connectivity index (χ0v) is 15.6. The van der Waals surface area contributed by atoms with Crippen molar-refractivity contribution in [2.45, 2.75) is 18.2 Å². The van der Waals surface area contributed by atoms with E-state index in [1.165, 1.54) is 3.97 Å². The molecule has 0 radical (unpaired) electrons. The molecule has 0 fully saturated rings. The molecule has 0 saturated heterocycles. The third-order valence-corrected chi connectivity index (χ3v) is 6.30. The van der Waals surface area contributed by atoms with Crippen molar-refractivity contribution in [3.8, 4) is 11.1 Å². The fourth-order valence-corrected chi connectivity index (χ4v) is 4.62. The average molecular weight is 377 g/mol. The van der Waals surface area contributed by atoms with Crippen molar-refractivity contribution >= 4 is 26.7 Å². The molecule has 0 aliphatic carbocycles. The number of aryl methyl sites for hydroxylation is 1. The van der Waals surface area contributed by atoms with Gasteiger partial charge in [-0.05, 0) is 53.4 Å². The number of hydrogen-bond donors (Lipinski definition) is 1. The molecule has 4 rings (SSSR count). The van der Waals surface area contributed by atoms with Crippen LogP contribution in [0.4, 0.5) is 5.69 Å². The number of pyridine rings is 1. The van der Waals surface area contributed by atoms with Gasteiger partial charge in [-0.2, -0.15) is 0 Å². The Kier molecular flexibility index (Phi) is 4.20. The number of benzene rings is 2. The Hall–Kier alpha value is -3.12. The van der Waals surface area contributed by atoms with E-state index in [0.29, 0.717) is 17.8 Å². The van der Waals surface area contributed by atoms with E-state index in [1.54, 1.807) is 42.7 Å². The highest BCUT2D eigenvalue weighted by Gasteiger charge is 2.23. The summed E-state index contributed by atoms with van der Waals surface area (Å²) in [5.41, 5.74) is 9.77. The number of fused-ring (bicyclic) bond motifs is 1. The minimum atomic E-state index is -3.73. The van der Waals surface area contributed by atoms with Gasteiger partial charge in [0.05, 0.1) is 4.90 Å². The number of nitrogens with zero attached hydrogens (tertiary/aromatic N) is 2. The minimum absolute atomic E-state index is 0.240. The van der Waals surface area contributed by atoms with Gasteiger partial charge in [-0.25, -0.2) is 17.4 Å². The van der Waals surface area contributed by atoms with Crippen LogP contribution in [0.1, 0.15) is 12.5 Å². The highest BCUT2D eigenvalue weighted by atomic mass is 32.2. The van der Waals surface area contributed by atoms with Crippen LogP contribution in [0.3, 0.4) is 0 Å². The lowest BCUT2D eigenvalue weighted by molar-refractivity contribution is 0.588. The average Bonchev–Trinajstić information content (AvgIpc) is 3.09. The van der Waals surface area contributed by atoms with Crippen molar-refractivity contribution in [2.75, 3.05) is 5.73 Å². The summed E-state index contributed by atoms with van der Waals surface area (Å²) in [6.45, 7) is 2.01. The van der Waals surface area contributed by atoms with Crippen molar-refractivity contribution < 1.29 is 8.42 Å². The van der Waals surface area contributed by atoms with Gasteiger partial charge in [-0.15, -0.1) is 0 Å². The first kappa shape index (κ1) is 17.3. The van der Waals surface area contributed by atoms with Gasteiger partial charge in [0, 0.05) is 23.5 Å². The maximum atomic E-state index is 13.2. The van der Waals surface area contributed by atoms with E-state index in [2.05, 4.69) is 4.98 Å². The molecule has 2 heterocycles. The van der Waals surface area contributed by atoms with Gasteiger partial charge >= 0.3 is 0 Å². The number of aromatic nitrogens is 2. The predicted octanol–water partition coefficient (Wildman–Crippen LogP) is 4.08. The normalized spacial score (nSPS) is 11.7. The Morgan fingerprint density at radius 1 is 1.00 bits per heavy atom. The molecule has 0 atom stereocenters. The molecule has 0 saturated carbocycles. The largest absolute Gasteiger partial charge is 0.399 e. The second kappa shape index (κ2) is 6.55. The molecule has 27 heavy (non-hydrogen) atoms. The van der Waals surface area contributed by atoms with Crippen molar-refractivity contribution in [3.63, 3.8) is 0 Å². The van der Waals surface area contributed by atoms with Gasteiger partial charge in [0.15, 0.2) is 5.65 Å². The first-order valence-electron chi connectivity index (χ1n) is 8.68. The van der Waals surface area contributed by atoms with Gasteiger partial charge in [-0.3, -0.25) is 0 Å². The van der Waals surface area contributed by atoms with Crippen LogP contribution >= 0.6 is 0 Å². The third-order valence-electron chi connectivity index (χ3n) is 4.64. The SMILES string of the molecule is CCc1cn(S(=O)(=O)c2ccccc2)c2nccc(-c3ccc(N)cc3)c12. The molecule has 2 aromatic carbocycles. The standard InChI is InChI=1S/C21H19N3O2S/c1-2-15-14-24(27(25,26)18-6-4-3-5-7-18)21-20(15)19(12-13-23-21)16-8-10-17(22)11-9-16/h3-14H,2,22H2,1H3. The van der Waals surface area contributed by atoms with E-state index < -0.39 is 10.0 Å². The fourth-order valence-electron chi connectivity index (χ4n) is 3.26. The number of nitrogens with two attached hydrogens (primary N) is 1. The topological polar surface area (TPSA) is 78.0 Å². The summed E-state index contributed by atoms with van der Waals surface area (Å²) < 4.78 is 27.6. The zero-order chi connectivity index (χ0) is 19.0. The molecule has 136 valence electrons. The first-order chi connectivity index (χ1) is 13.0. The molecule has 4 aromatic rings. The molecule has 0 spiro atoms. The molecule has 0 aliphatic rings. The molecule has 0 bridgehead atoms.